The van der Waals surface area contributed by atoms with Crippen LogP contribution in [-0.2, 0) is 17.8 Å². The van der Waals surface area contributed by atoms with Crippen molar-refractivity contribution in [2.24, 2.45) is 11.7 Å². The van der Waals surface area contributed by atoms with E-state index >= 15 is 0 Å². The summed E-state index contributed by atoms with van der Waals surface area (Å²) in [6.07, 6.45) is 7.19. The Hall–Kier alpha value is -1.36. The monoisotopic (exact) mass is 304 g/mol. The van der Waals surface area contributed by atoms with Gasteiger partial charge < -0.3 is 15.2 Å². The topological polar surface area (TPSA) is 64.2 Å². The third-order valence-electron chi connectivity index (χ3n) is 5.28. The van der Waals surface area contributed by atoms with Gasteiger partial charge in [-0.2, -0.15) is 0 Å². The van der Waals surface area contributed by atoms with Gasteiger partial charge in [0, 0.05) is 47.9 Å². The van der Waals surface area contributed by atoms with Crippen molar-refractivity contribution < 1.29 is 4.79 Å². The molecule has 2 aliphatic heterocycles. The summed E-state index contributed by atoms with van der Waals surface area (Å²) in [5, 5.41) is 0. The quantitative estimate of drug-likeness (QED) is 0.862. The fourth-order valence-electron chi connectivity index (χ4n) is 4.72. The average molecular weight is 304 g/mol. The highest BCUT2D eigenvalue weighted by molar-refractivity contribution is 5.81. The van der Waals surface area contributed by atoms with Gasteiger partial charge in [0.05, 0.1) is 6.33 Å². The molecular formula is C17H28N4O. The lowest BCUT2D eigenvalue weighted by atomic mass is 9.76. The number of amides is 1. The zero-order chi connectivity index (χ0) is 16.1. The predicted molar refractivity (Wildman–Crippen MR) is 86.3 cm³/mol. The zero-order valence-corrected chi connectivity index (χ0v) is 14.2. The maximum Gasteiger partial charge on any atom is 0.227 e. The lowest BCUT2D eigenvalue weighted by Gasteiger charge is -2.55. The molecule has 1 unspecified atom stereocenters. The number of carbonyl (C=O) groups excluding carboxylic acids is 1. The van der Waals surface area contributed by atoms with Crippen LogP contribution in [0.2, 0.25) is 0 Å². The van der Waals surface area contributed by atoms with Gasteiger partial charge in [-0.15, -0.1) is 0 Å². The first-order valence-electron chi connectivity index (χ1n) is 8.29. The van der Waals surface area contributed by atoms with E-state index in [1.54, 1.807) is 0 Å². The van der Waals surface area contributed by atoms with E-state index < -0.39 is 0 Å². The number of imidazole rings is 1. The zero-order valence-electron chi connectivity index (χ0n) is 14.2. The molecule has 0 spiro atoms. The highest BCUT2D eigenvalue weighted by Gasteiger charge is 2.48. The van der Waals surface area contributed by atoms with E-state index in [2.05, 4.69) is 42.1 Å². The van der Waals surface area contributed by atoms with Crippen LogP contribution in [0.5, 0.6) is 0 Å². The fourth-order valence-corrected chi connectivity index (χ4v) is 4.72. The summed E-state index contributed by atoms with van der Waals surface area (Å²) < 4.78 is 2.16. The van der Waals surface area contributed by atoms with Gasteiger partial charge in [-0.3, -0.25) is 4.79 Å². The second-order valence-corrected chi connectivity index (χ2v) is 8.23. The summed E-state index contributed by atoms with van der Waals surface area (Å²) in [5.74, 6) is 0.353. The molecule has 0 saturated carbocycles. The molecule has 3 rings (SSSR count). The first-order valence-corrected chi connectivity index (χ1v) is 8.29. The predicted octanol–water partition coefficient (Wildman–Crippen LogP) is 1.95. The van der Waals surface area contributed by atoms with Crippen molar-refractivity contribution in [3.05, 3.63) is 18.2 Å². The summed E-state index contributed by atoms with van der Waals surface area (Å²) in [6.45, 7) is 9.49. The number of fused-ring (bicyclic) bond motifs is 1. The molecule has 1 aromatic rings. The standard InChI is InChI=1S/C17H28N4O/c1-16(2)8-13(18)9-17(3,4)21(16)15(22)12-5-6-20-11-19-10-14(20)7-12/h10-13H,5-9,18H2,1-4H3. The summed E-state index contributed by atoms with van der Waals surface area (Å²) in [4.78, 5) is 19.6. The summed E-state index contributed by atoms with van der Waals surface area (Å²) in [6, 6.07) is 0.168. The van der Waals surface area contributed by atoms with Gasteiger partial charge in [0.15, 0.2) is 0 Å². The number of likely N-dealkylation sites (tertiary alicyclic amines) is 1. The number of nitrogens with zero attached hydrogens (tertiary/aromatic N) is 3. The van der Waals surface area contributed by atoms with Crippen LogP contribution in [0.15, 0.2) is 12.5 Å². The number of carbonyl (C=O) groups is 1. The van der Waals surface area contributed by atoms with E-state index in [0.717, 1.165) is 32.2 Å². The average Bonchev–Trinajstić information content (AvgIpc) is 2.81. The molecule has 1 fully saturated rings. The third kappa shape index (κ3) is 2.56. The summed E-state index contributed by atoms with van der Waals surface area (Å²) in [5.41, 5.74) is 7.03. The van der Waals surface area contributed by atoms with Crippen LogP contribution in [-0.4, -0.2) is 37.5 Å². The number of nitrogens with two attached hydrogens (primary N) is 1. The highest BCUT2D eigenvalue weighted by Crippen LogP contribution is 2.40. The summed E-state index contributed by atoms with van der Waals surface area (Å²) in [7, 11) is 0. The molecule has 1 saturated heterocycles. The van der Waals surface area contributed by atoms with Crippen LogP contribution < -0.4 is 5.73 Å². The van der Waals surface area contributed by atoms with Crippen LogP contribution >= 0.6 is 0 Å². The van der Waals surface area contributed by atoms with Gasteiger partial charge in [0.2, 0.25) is 5.91 Å². The minimum atomic E-state index is -0.185. The molecule has 5 nitrogen and oxygen atoms in total. The van der Waals surface area contributed by atoms with Crippen LogP contribution in [0, 0.1) is 5.92 Å². The van der Waals surface area contributed by atoms with E-state index in [0.29, 0.717) is 0 Å². The molecule has 1 aromatic heterocycles. The molecule has 22 heavy (non-hydrogen) atoms. The Morgan fingerprint density at radius 2 is 1.91 bits per heavy atom. The molecule has 0 bridgehead atoms. The van der Waals surface area contributed by atoms with Crippen molar-refractivity contribution in [1.82, 2.24) is 14.5 Å². The summed E-state index contributed by atoms with van der Waals surface area (Å²) >= 11 is 0. The first-order chi connectivity index (χ1) is 10.2. The van der Waals surface area contributed by atoms with Crippen LogP contribution in [0.3, 0.4) is 0 Å². The van der Waals surface area contributed by atoms with Gasteiger partial charge in [-0.05, 0) is 47.0 Å². The number of aryl methyl sites for hydroxylation is 1. The van der Waals surface area contributed by atoms with Crippen molar-refractivity contribution in [2.75, 3.05) is 0 Å². The molecule has 0 radical (unpaired) electrons. The third-order valence-corrected chi connectivity index (χ3v) is 5.28. The Balaban J connectivity index is 1.84. The molecule has 3 heterocycles. The van der Waals surface area contributed by atoms with Crippen LogP contribution in [0.25, 0.3) is 0 Å². The lowest BCUT2D eigenvalue weighted by molar-refractivity contribution is -0.155. The molecule has 122 valence electrons. The van der Waals surface area contributed by atoms with E-state index in [-0.39, 0.29) is 28.9 Å². The molecule has 1 amide bonds. The van der Waals surface area contributed by atoms with Gasteiger partial charge in [-0.25, -0.2) is 4.98 Å². The van der Waals surface area contributed by atoms with Gasteiger partial charge in [-0.1, -0.05) is 0 Å². The first kappa shape index (κ1) is 15.5. The maximum atomic E-state index is 13.3. The second kappa shape index (κ2) is 5.08. The Morgan fingerprint density at radius 1 is 1.27 bits per heavy atom. The number of hydrogen-bond donors (Lipinski definition) is 1. The van der Waals surface area contributed by atoms with E-state index in [4.69, 9.17) is 5.73 Å². The van der Waals surface area contributed by atoms with E-state index in [1.807, 2.05) is 12.5 Å². The molecule has 5 heteroatoms. The van der Waals surface area contributed by atoms with Crippen molar-refractivity contribution in [2.45, 2.75) is 77.0 Å². The second-order valence-electron chi connectivity index (χ2n) is 8.23. The van der Waals surface area contributed by atoms with E-state index in [1.165, 1.54) is 5.69 Å². The van der Waals surface area contributed by atoms with Crippen molar-refractivity contribution >= 4 is 5.91 Å². The minimum absolute atomic E-state index is 0.0667. The fraction of sp³-hybridized carbons (Fsp3) is 0.765. The van der Waals surface area contributed by atoms with Crippen molar-refractivity contribution in [3.8, 4) is 0 Å². The Bertz CT molecular complexity index is 557. The molecule has 0 aliphatic carbocycles. The Labute approximate surface area is 132 Å². The molecule has 2 N–H and O–H groups in total. The van der Waals surface area contributed by atoms with Gasteiger partial charge in [0.25, 0.3) is 0 Å². The normalized spacial score (nSPS) is 27.5. The number of piperidine rings is 1. The SMILES string of the molecule is CC1(C)CC(N)CC(C)(C)N1C(=O)C1CCn2cncc2C1. The molecule has 1 atom stereocenters. The van der Waals surface area contributed by atoms with Crippen LogP contribution in [0.4, 0.5) is 0 Å². The lowest BCUT2D eigenvalue weighted by Crippen LogP contribution is -2.66. The Morgan fingerprint density at radius 3 is 2.55 bits per heavy atom. The van der Waals surface area contributed by atoms with Crippen molar-refractivity contribution in [3.63, 3.8) is 0 Å². The minimum Gasteiger partial charge on any atom is -0.335 e. The number of rotatable bonds is 1. The van der Waals surface area contributed by atoms with Crippen LogP contribution in [0.1, 0.15) is 52.7 Å². The highest BCUT2D eigenvalue weighted by atomic mass is 16.2. The van der Waals surface area contributed by atoms with Gasteiger partial charge >= 0.3 is 0 Å². The number of hydrogen-bond acceptors (Lipinski definition) is 3. The number of aromatic nitrogens is 2. The van der Waals surface area contributed by atoms with E-state index in [9.17, 15) is 4.79 Å². The van der Waals surface area contributed by atoms with Gasteiger partial charge in [0.1, 0.15) is 0 Å². The molecule has 0 aromatic carbocycles. The maximum absolute atomic E-state index is 13.3. The largest absolute Gasteiger partial charge is 0.335 e. The molecular weight excluding hydrogens is 276 g/mol. The Kier molecular flexibility index (Phi) is 3.59. The molecule has 2 aliphatic rings. The van der Waals surface area contributed by atoms with Crippen molar-refractivity contribution in [1.29, 1.82) is 0 Å². The smallest absolute Gasteiger partial charge is 0.227 e.